The van der Waals surface area contributed by atoms with Crippen LogP contribution in [0.2, 0.25) is 0 Å². The van der Waals surface area contributed by atoms with E-state index in [4.69, 9.17) is 4.74 Å². The molecule has 0 saturated heterocycles. The van der Waals surface area contributed by atoms with Crippen molar-refractivity contribution in [3.63, 3.8) is 0 Å². The van der Waals surface area contributed by atoms with Crippen LogP contribution in [0.3, 0.4) is 0 Å². The summed E-state index contributed by atoms with van der Waals surface area (Å²) in [7, 11) is 1.58. The van der Waals surface area contributed by atoms with E-state index in [2.05, 4.69) is 4.99 Å². The van der Waals surface area contributed by atoms with Crippen molar-refractivity contribution in [2.24, 2.45) is 4.99 Å². The summed E-state index contributed by atoms with van der Waals surface area (Å²) in [6.45, 7) is 4.82. The molecule has 3 rings (SSSR count). The molecule has 2 aromatic carbocycles. The molecule has 0 bridgehead atoms. The van der Waals surface area contributed by atoms with Crippen LogP contribution in [0.4, 0.5) is 5.69 Å². The Morgan fingerprint density at radius 1 is 1.25 bits per heavy atom. The molecule has 0 spiro atoms. The Kier molecular flexibility index (Phi) is 6.01. The Morgan fingerprint density at radius 3 is 2.75 bits per heavy atom. The Hall–Kier alpha value is -2.84. The van der Waals surface area contributed by atoms with Crippen LogP contribution in [0, 0.1) is 24.0 Å². The van der Waals surface area contributed by atoms with Crippen molar-refractivity contribution >= 4 is 33.1 Å². The number of aryl methyl sites for hydroxylation is 2. The summed E-state index contributed by atoms with van der Waals surface area (Å²) < 4.78 is 7.79. The van der Waals surface area contributed by atoms with Crippen molar-refractivity contribution in [2.45, 2.75) is 26.8 Å². The van der Waals surface area contributed by atoms with Gasteiger partial charge in [-0.25, -0.2) is 0 Å². The Morgan fingerprint density at radius 2 is 2.04 bits per heavy atom. The third kappa shape index (κ3) is 4.35. The van der Waals surface area contributed by atoms with Crippen molar-refractivity contribution in [1.82, 2.24) is 4.57 Å². The van der Waals surface area contributed by atoms with Gasteiger partial charge in [-0.1, -0.05) is 35.1 Å². The molecular weight excluding hydrogens is 378 g/mol. The first-order valence-corrected chi connectivity index (χ1v) is 9.61. The van der Waals surface area contributed by atoms with E-state index in [0.29, 0.717) is 23.5 Å². The molecule has 1 heterocycles. The van der Waals surface area contributed by atoms with E-state index in [9.17, 15) is 14.9 Å². The minimum atomic E-state index is -0.430. The van der Waals surface area contributed by atoms with E-state index < -0.39 is 4.92 Å². The van der Waals surface area contributed by atoms with Gasteiger partial charge in [0.2, 0.25) is 0 Å². The number of amides is 1. The zero-order valence-corrected chi connectivity index (χ0v) is 16.8. The standard InChI is InChI=1S/C20H21N3O4S/c1-13-4-5-14(2)15(10-13)11-19(24)21-20-22(8-9-27-3)17-12-16(23(25)26)6-7-18(17)28-20/h4-7,10,12H,8-9,11H2,1-3H3. The van der Waals surface area contributed by atoms with Crippen LogP contribution >= 0.6 is 11.3 Å². The molecule has 1 aromatic heterocycles. The molecule has 0 aliphatic carbocycles. The average molecular weight is 399 g/mol. The molecule has 7 nitrogen and oxygen atoms in total. The van der Waals surface area contributed by atoms with Crippen LogP contribution in [-0.2, 0) is 22.5 Å². The predicted octanol–water partition coefficient (Wildman–Crippen LogP) is 3.54. The van der Waals surface area contributed by atoms with Crippen molar-refractivity contribution in [1.29, 1.82) is 0 Å². The number of nitro groups is 1. The number of fused-ring (bicyclic) bond motifs is 1. The highest BCUT2D eigenvalue weighted by Gasteiger charge is 2.13. The number of ether oxygens (including phenoxy) is 1. The molecule has 0 aliphatic heterocycles. The summed E-state index contributed by atoms with van der Waals surface area (Å²) in [5, 5.41) is 11.1. The number of rotatable bonds is 6. The maximum absolute atomic E-state index is 12.6. The lowest BCUT2D eigenvalue weighted by Crippen LogP contribution is -2.20. The number of hydrogen-bond acceptors (Lipinski definition) is 5. The summed E-state index contributed by atoms with van der Waals surface area (Å²) in [4.78, 5) is 28.1. The molecule has 0 fully saturated rings. The molecule has 28 heavy (non-hydrogen) atoms. The number of thiazole rings is 1. The molecule has 0 aliphatic rings. The van der Waals surface area contributed by atoms with Crippen molar-refractivity contribution in [3.8, 4) is 0 Å². The van der Waals surface area contributed by atoms with Gasteiger partial charge in [-0.05, 0) is 31.0 Å². The maximum Gasteiger partial charge on any atom is 0.271 e. The van der Waals surface area contributed by atoms with Crippen molar-refractivity contribution in [3.05, 3.63) is 68.0 Å². The fourth-order valence-corrected chi connectivity index (χ4v) is 4.01. The van der Waals surface area contributed by atoms with Gasteiger partial charge >= 0.3 is 0 Å². The van der Waals surface area contributed by atoms with E-state index in [1.807, 2.05) is 32.0 Å². The van der Waals surface area contributed by atoms with Gasteiger partial charge in [-0.3, -0.25) is 14.9 Å². The molecular formula is C20H21N3O4S. The zero-order valence-electron chi connectivity index (χ0n) is 16.0. The number of non-ortho nitro benzene ring substituents is 1. The van der Waals surface area contributed by atoms with Crippen molar-refractivity contribution < 1.29 is 14.5 Å². The summed E-state index contributed by atoms with van der Waals surface area (Å²) >= 11 is 1.34. The number of methoxy groups -OCH3 is 1. The molecule has 146 valence electrons. The molecule has 1 amide bonds. The number of benzene rings is 2. The summed E-state index contributed by atoms with van der Waals surface area (Å²) in [6, 6.07) is 10.7. The van der Waals surface area contributed by atoms with Crippen LogP contribution in [-0.4, -0.2) is 29.1 Å². The van der Waals surface area contributed by atoms with Gasteiger partial charge in [0.15, 0.2) is 4.80 Å². The maximum atomic E-state index is 12.6. The second kappa shape index (κ2) is 8.45. The third-order valence-corrected chi connectivity index (χ3v) is 5.52. The monoisotopic (exact) mass is 399 g/mol. The topological polar surface area (TPSA) is 86.7 Å². The average Bonchev–Trinajstić information content (AvgIpc) is 2.98. The molecule has 3 aromatic rings. The predicted molar refractivity (Wildman–Crippen MR) is 109 cm³/mol. The largest absolute Gasteiger partial charge is 0.383 e. The minimum Gasteiger partial charge on any atom is -0.383 e. The second-order valence-electron chi connectivity index (χ2n) is 6.55. The van der Waals surface area contributed by atoms with Crippen LogP contribution < -0.4 is 4.80 Å². The normalized spacial score (nSPS) is 11.9. The van der Waals surface area contributed by atoms with E-state index in [1.165, 1.54) is 23.5 Å². The van der Waals surface area contributed by atoms with Crippen LogP contribution in [0.1, 0.15) is 16.7 Å². The van der Waals surface area contributed by atoms with Crippen LogP contribution in [0.5, 0.6) is 0 Å². The quantitative estimate of drug-likeness (QED) is 0.469. The molecule has 0 radical (unpaired) electrons. The van der Waals surface area contributed by atoms with Gasteiger partial charge in [0.25, 0.3) is 11.6 Å². The lowest BCUT2D eigenvalue weighted by atomic mass is 10.0. The molecule has 0 unspecified atom stereocenters. The molecule has 0 N–H and O–H groups in total. The first-order chi connectivity index (χ1) is 13.4. The number of carbonyl (C=O) groups excluding carboxylic acids is 1. The lowest BCUT2D eigenvalue weighted by Gasteiger charge is -2.05. The highest BCUT2D eigenvalue weighted by atomic mass is 32.1. The Labute approximate surface area is 166 Å². The summed E-state index contributed by atoms with van der Waals surface area (Å²) in [5.41, 5.74) is 3.78. The van der Waals surface area contributed by atoms with Crippen LogP contribution in [0.25, 0.3) is 10.2 Å². The summed E-state index contributed by atoms with van der Waals surface area (Å²) in [5.74, 6) is -0.249. The smallest absolute Gasteiger partial charge is 0.271 e. The number of carbonyl (C=O) groups is 1. The number of aromatic nitrogens is 1. The summed E-state index contributed by atoms with van der Waals surface area (Å²) in [6.07, 6.45) is 0.214. The van der Waals surface area contributed by atoms with E-state index in [1.54, 1.807) is 17.7 Å². The zero-order chi connectivity index (χ0) is 20.3. The van der Waals surface area contributed by atoms with Gasteiger partial charge in [-0.15, -0.1) is 0 Å². The van der Waals surface area contributed by atoms with Crippen molar-refractivity contribution in [2.75, 3.05) is 13.7 Å². The van der Waals surface area contributed by atoms with Gasteiger partial charge < -0.3 is 9.30 Å². The Balaban J connectivity index is 2.03. The molecule has 0 atom stereocenters. The first kappa shape index (κ1) is 19.9. The van der Waals surface area contributed by atoms with E-state index >= 15 is 0 Å². The molecule has 0 saturated carbocycles. The lowest BCUT2D eigenvalue weighted by molar-refractivity contribution is -0.384. The number of hydrogen-bond donors (Lipinski definition) is 0. The number of nitro benzene ring substituents is 1. The minimum absolute atomic E-state index is 0.00438. The number of nitrogens with zero attached hydrogens (tertiary/aromatic N) is 3. The van der Waals surface area contributed by atoms with Gasteiger partial charge in [0.1, 0.15) is 0 Å². The van der Waals surface area contributed by atoms with Gasteiger partial charge in [0, 0.05) is 25.8 Å². The second-order valence-corrected chi connectivity index (χ2v) is 7.56. The highest BCUT2D eigenvalue weighted by Crippen LogP contribution is 2.23. The Bertz CT molecular complexity index is 1110. The first-order valence-electron chi connectivity index (χ1n) is 8.79. The highest BCUT2D eigenvalue weighted by molar-refractivity contribution is 7.16. The van der Waals surface area contributed by atoms with Gasteiger partial charge in [0.05, 0.1) is 28.2 Å². The third-order valence-electron chi connectivity index (χ3n) is 4.46. The van der Waals surface area contributed by atoms with Gasteiger partial charge in [-0.2, -0.15) is 4.99 Å². The van der Waals surface area contributed by atoms with E-state index in [-0.39, 0.29) is 18.0 Å². The van der Waals surface area contributed by atoms with Crippen LogP contribution in [0.15, 0.2) is 41.4 Å². The van der Waals surface area contributed by atoms with E-state index in [0.717, 1.165) is 21.4 Å². The fourth-order valence-electron chi connectivity index (χ4n) is 2.95. The molecule has 8 heteroatoms. The SMILES string of the molecule is COCCn1c(=NC(=O)Cc2cc(C)ccc2C)sc2ccc([N+](=O)[O-])cc21. The fraction of sp³-hybridized carbons (Fsp3) is 0.300.